The molecule has 1 unspecified atom stereocenters. The van der Waals surface area contributed by atoms with E-state index in [0.29, 0.717) is 19.4 Å². The number of hydrogen-bond donors (Lipinski definition) is 3. The summed E-state index contributed by atoms with van der Waals surface area (Å²) >= 11 is 0. The van der Waals surface area contributed by atoms with Gasteiger partial charge in [0.1, 0.15) is 5.84 Å². The summed E-state index contributed by atoms with van der Waals surface area (Å²) in [5.41, 5.74) is 6.45. The van der Waals surface area contributed by atoms with Gasteiger partial charge in [-0.1, -0.05) is 35.5 Å². The second kappa shape index (κ2) is 8.51. The van der Waals surface area contributed by atoms with Crippen LogP contribution in [-0.2, 0) is 0 Å². The molecule has 118 valence electrons. The predicted octanol–water partition coefficient (Wildman–Crippen LogP) is 3.19. The SMILES string of the molecule is N/C(CC(NCCCCC(F)(F)F)c1ccccc1)=N/O. The summed E-state index contributed by atoms with van der Waals surface area (Å²) in [5, 5.41) is 14.7. The number of amidine groups is 1. The Morgan fingerprint density at radius 2 is 1.90 bits per heavy atom. The molecule has 0 aliphatic rings. The van der Waals surface area contributed by atoms with Crippen LogP contribution in [0.1, 0.15) is 37.3 Å². The second-order valence-corrected chi connectivity index (χ2v) is 4.79. The van der Waals surface area contributed by atoms with Crippen molar-refractivity contribution in [2.24, 2.45) is 10.9 Å². The average Bonchev–Trinajstić information content (AvgIpc) is 2.45. The summed E-state index contributed by atoms with van der Waals surface area (Å²) in [6.07, 6.45) is -4.09. The molecule has 0 bridgehead atoms. The molecule has 21 heavy (non-hydrogen) atoms. The summed E-state index contributed by atoms with van der Waals surface area (Å²) in [5.74, 6) is 0.0756. The van der Waals surface area contributed by atoms with Crippen LogP contribution < -0.4 is 11.1 Å². The van der Waals surface area contributed by atoms with E-state index in [9.17, 15) is 13.2 Å². The lowest BCUT2D eigenvalue weighted by molar-refractivity contribution is -0.135. The van der Waals surface area contributed by atoms with Gasteiger partial charge in [0.15, 0.2) is 0 Å². The van der Waals surface area contributed by atoms with E-state index >= 15 is 0 Å². The molecule has 0 amide bonds. The van der Waals surface area contributed by atoms with Crippen molar-refractivity contribution in [3.8, 4) is 0 Å². The molecule has 1 rings (SSSR count). The van der Waals surface area contributed by atoms with Crippen molar-refractivity contribution in [2.75, 3.05) is 6.54 Å². The van der Waals surface area contributed by atoms with Gasteiger partial charge in [0.2, 0.25) is 0 Å². The first-order chi connectivity index (χ1) is 9.92. The van der Waals surface area contributed by atoms with Crippen LogP contribution in [0.5, 0.6) is 0 Å². The largest absolute Gasteiger partial charge is 0.409 e. The monoisotopic (exact) mass is 303 g/mol. The minimum Gasteiger partial charge on any atom is -0.409 e. The van der Waals surface area contributed by atoms with Crippen molar-refractivity contribution in [1.29, 1.82) is 0 Å². The quantitative estimate of drug-likeness (QED) is 0.227. The molecule has 0 heterocycles. The number of rotatable bonds is 8. The topological polar surface area (TPSA) is 70.6 Å². The van der Waals surface area contributed by atoms with Gasteiger partial charge >= 0.3 is 6.18 Å². The fourth-order valence-corrected chi connectivity index (χ4v) is 1.97. The molecule has 0 fully saturated rings. The molecule has 4 N–H and O–H groups in total. The third kappa shape index (κ3) is 7.55. The van der Waals surface area contributed by atoms with Gasteiger partial charge in [-0.2, -0.15) is 13.2 Å². The highest BCUT2D eigenvalue weighted by molar-refractivity contribution is 5.80. The zero-order chi connectivity index (χ0) is 15.7. The molecule has 7 heteroatoms. The average molecular weight is 303 g/mol. The predicted molar refractivity (Wildman–Crippen MR) is 75.1 cm³/mol. The van der Waals surface area contributed by atoms with E-state index in [0.717, 1.165) is 5.56 Å². The first-order valence-electron chi connectivity index (χ1n) is 6.74. The molecule has 0 radical (unpaired) electrons. The number of oxime groups is 1. The molecule has 1 atom stereocenters. The molecule has 0 aliphatic carbocycles. The summed E-state index contributed by atoms with van der Waals surface area (Å²) in [6.45, 7) is 0.439. The fraction of sp³-hybridized carbons (Fsp3) is 0.500. The fourth-order valence-electron chi connectivity index (χ4n) is 1.97. The Morgan fingerprint density at radius 1 is 1.24 bits per heavy atom. The molecule has 0 saturated carbocycles. The number of hydrogen-bond acceptors (Lipinski definition) is 3. The normalized spacial score (nSPS) is 14.1. The highest BCUT2D eigenvalue weighted by Crippen LogP contribution is 2.22. The Balaban J connectivity index is 2.47. The van der Waals surface area contributed by atoms with Crippen LogP contribution in [0.25, 0.3) is 0 Å². The Hall–Kier alpha value is -1.76. The third-order valence-corrected chi connectivity index (χ3v) is 3.02. The first-order valence-corrected chi connectivity index (χ1v) is 6.74. The van der Waals surface area contributed by atoms with Gasteiger partial charge < -0.3 is 16.3 Å². The molecule has 0 spiro atoms. The van der Waals surface area contributed by atoms with Crippen molar-refractivity contribution in [3.05, 3.63) is 35.9 Å². The molecule has 4 nitrogen and oxygen atoms in total. The number of alkyl halides is 3. The maximum atomic E-state index is 12.0. The van der Waals surface area contributed by atoms with Crippen LogP contribution in [0.2, 0.25) is 0 Å². The number of nitrogens with two attached hydrogens (primary N) is 1. The van der Waals surface area contributed by atoms with E-state index < -0.39 is 12.6 Å². The third-order valence-electron chi connectivity index (χ3n) is 3.02. The van der Waals surface area contributed by atoms with Gasteiger partial charge in [0.05, 0.1) is 0 Å². The van der Waals surface area contributed by atoms with E-state index in [1.165, 1.54) is 0 Å². The number of halogens is 3. The second-order valence-electron chi connectivity index (χ2n) is 4.79. The Morgan fingerprint density at radius 3 is 2.48 bits per heavy atom. The van der Waals surface area contributed by atoms with Crippen molar-refractivity contribution in [3.63, 3.8) is 0 Å². The minimum absolute atomic E-state index is 0.0756. The van der Waals surface area contributed by atoms with Gasteiger partial charge in [0, 0.05) is 18.9 Å². The van der Waals surface area contributed by atoms with Crippen LogP contribution >= 0.6 is 0 Å². The Kier molecular flexibility index (Phi) is 7.01. The Bertz CT molecular complexity index is 435. The highest BCUT2D eigenvalue weighted by atomic mass is 19.4. The van der Waals surface area contributed by atoms with E-state index in [2.05, 4.69) is 10.5 Å². The standard InChI is InChI=1S/C14H20F3N3O/c15-14(16,17)8-4-5-9-19-12(10-13(18)20-21)11-6-2-1-3-7-11/h1-3,6-7,12,19,21H,4-5,8-10H2,(H2,18,20). The van der Waals surface area contributed by atoms with Crippen molar-refractivity contribution in [1.82, 2.24) is 5.32 Å². The van der Waals surface area contributed by atoms with Gasteiger partial charge in [-0.25, -0.2) is 0 Å². The van der Waals surface area contributed by atoms with Crippen LogP contribution in [-0.4, -0.2) is 23.8 Å². The zero-order valence-corrected chi connectivity index (χ0v) is 11.6. The molecule has 0 saturated heterocycles. The maximum Gasteiger partial charge on any atom is 0.389 e. The van der Waals surface area contributed by atoms with Crippen molar-refractivity contribution < 1.29 is 18.4 Å². The molecule has 0 aromatic heterocycles. The minimum atomic E-state index is -4.10. The maximum absolute atomic E-state index is 12.0. The van der Waals surface area contributed by atoms with Gasteiger partial charge in [-0.05, 0) is 24.9 Å². The lowest BCUT2D eigenvalue weighted by Gasteiger charge is -2.18. The Labute approximate surface area is 121 Å². The number of unbranched alkanes of at least 4 members (excludes halogenated alkanes) is 1. The lowest BCUT2D eigenvalue weighted by atomic mass is 10.0. The number of nitrogens with one attached hydrogen (secondary N) is 1. The van der Waals surface area contributed by atoms with E-state index in [-0.39, 0.29) is 18.3 Å². The molecule has 1 aromatic carbocycles. The summed E-state index contributed by atoms with van der Waals surface area (Å²) in [4.78, 5) is 0. The number of benzene rings is 1. The summed E-state index contributed by atoms with van der Waals surface area (Å²) in [7, 11) is 0. The smallest absolute Gasteiger partial charge is 0.389 e. The molecule has 0 aliphatic heterocycles. The van der Waals surface area contributed by atoms with Gasteiger partial charge in [0.25, 0.3) is 0 Å². The van der Waals surface area contributed by atoms with Crippen LogP contribution in [0.3, 0.4) is 0 Å². The van der Waals surface area contributed by atoms with Gasteiger partial charge in [-0.15, -0.1) is 0 Å². The number of nitrogens with zero attached hydrogens (tertiary/aromatic N) is 1. The lowest BCUT2D eigenvalue weighted by Crippen LogP contribution is -2.27. The summed E-state index contributed by atoms with van der Waals surface area (Å²) < 4.78 is 36.1. The van der Waals surface area contributed by atoms with Crippen molar-refractivity contribution in [2.45, 2.75) is 37.9 Å². The van der Waals surface area contributed by atoms with Gasteiger partial charge in [-0.3, -0.25) is 0 Å². The van der Waals surface area contributed by atoms with Crippen LogP contribution in [0.15, 0.2) is 35.5 Å². The van der Waals surface area contributed by atoms with Crippen LogP contribution in [0.4, 0.5) is 13.2 Å². The van der Waals surface area contributed by atoms with E-state index in [1.54, 1.807) is 0 Å². The zero-order valence-electron chi connectivity index (χ0n) is 11.6. The van der Waals surface area contributed by atoms with Crippen molar-refractivity contribution >= 4 is 5.84 Å². The first kappa shape index (κ1) is 17.3. The summed E-state index contributed by atoms with van der Waals surface area (Å²) in [6, 6.07) is 9.18. The van der Waals surface area contributed by atoms with E-state index in [1.807, 2.05) is 30.3 Å². The molecule has 1 aromatic rings. The van der Waals surface area contributed by atoms with E-state index in [4.69, 9.17) is 10.9 Å². The molecular formula is C14H20F3N3O. The van der Waals surface area contributed by atoms with Crippen LogP contribution in [0, 0.1) is 0 Å². The molecular weight excluding hydrogens is 283 g/mol. The highest BCUT2D eigenvalue weighted by Gasteiger charge is 2.25.